The second-order valence-corrected chi connectivity index (χ2v) is 8.25. The topological polar surface area (TPSA) is 107 Å². The molecule has 0 aliphatic rings. The molecule has 1 aromatic carbocycles. The van der Waals surface area contributed by atoms with Crippen molar-refractivity contribution in [3.8, 4) is 0 Å². The van der Waals surface area contributed by atoms with Gasteiger partial charge in [-0.2, -0.15) is 0 Å². The Hall–Kier alpha value is -1.58. The lowest BCUT2D eigenvalue weighted by Crippen LogP contribution is -2.31. The SMILES string of the molecule is CCCNC(=O)C(C)Sc1nc2cc(S(N)(=O)=O)ccc2n1CC. The van der Waals surface area contributed by atoms with E-state index >= 15 is 0 Å². The van der Waals surface area contributed by atoms with Gasteiger partial charge in [0.25, 0.3) is 0 Å². The van der Waals surface area contributed by atoms with E-state index in [2.05, 4.69) is 10.3 Å². The van der Waals surface area contributed by atoms with Crippen LogP contribution in [0.2, 0.25) is 0 Å². The van der Waals surface area contributed by atoms with Crippen LogP contribution in [0, 0.1) is 0 Å². The van der Waals surface area contributed by atoms with E-state index in [4.69, 9.17) is 5.14 Å². The van der Waals surface area contributed by atoms with Crippen LogP contribution in [0.3, 0.4) is 0 Å². The maximum atomic E-state index is 12.0. The fraction of sp³-hybridized carbons (Fsp3) is 0.467. The molecule has 2 rings (SSSR count). The van der Waals surface area contributed by atoms with Gasteiger partial charge in [-0.15, -0.1) is 0 Å². The number of hydrogen-bond acceptors (Lipinski definition) is 5. The number of carbonyl (C=O) groups is 1. The molecule has 1 atom stereocenters. The van der Waals surface area contributed by atoms with Crippen LogP contribution in [-0.2, 0) is 21.4 Å². The van der Waals surface area contributed by atoms with E-state index in [1.54, 1.807) is 6.07 Å². The molecule has 1 aromatic heterocycles. The molecule has 0 aliphatic carbocycles. The van der Waals surface area contributed by atoms with Crippen molar-refractivity contribution in [2.75, 3.05) is 6.54 Å². The maximum absolute atomic E-state index is 12.0. The Balaban J connectivity index is 2.34. The number of rotatable bonds is 7. The van der Waals surface area contributed by atoms with Crippen molar-refractivity contribution in [1.29, 1.82) is 0 Å². The van der Waals surface area contributed by atoms with Gasteiger partial charge in [-0.25, -0.2) is 18.5 Å². The molecule has 24 heavy (non-hydrogen) atoms. The predicted octanol–water partition coefficient (Wildman–Crippen LogP) is 1.71. The van der Waals surface area contributed by atoms with E-state index in [1.165, 1.54) is 23.9 Å². The number of imidazole rings is 1. The molecule has 1 unspecified atom stereocenters. The van der Waals surface area contributed by atoms with Gasteiger partial charge >= 0.3 is 0 Å². The molecule has 0 bridgehead atoms. The lowest BCUT2D eigenvalue weighted by molar-refractivity contribution is -0.120. The number of thioether (sulfide) groups is 1. The normalized spacial score (nSPS) is 13.2. The number of nitrogens with two attached hydrogens (primary N) is 1. The highest BCUT2D eigenvalue weighted by molar-refractivity contribution is 8.00. The van der Waals surface area contributed by atoms with Crippen molar-refractivity contribution >= 4 is 38.7 Å². The molecular formula is C15H22N4O3S2. The third kappa shape index (κ3) is 4.08. The average molecular weight is 371 g/mol. The molecule has 0 aliphatic heterocycles. The Bertz CT molecular complexity index is 846. The molecule has 3 N–H and O–H groups in total. The summed E-state index contributed by atoms with van der Waals surface area (Å²) in [7, 11) is -3.77. The first-order chi connectivity index (χ1) is 11.3. The largest absolute Gasteiger partial charge is 0.355 e. The highest BCUT2D eigenvalue weighted by Crippen LogP contribution is 2.28. The third-order valence-corrected chi connectivity index (χ3v) is 5.53. The van der Waals surface area contributed by atoms with Crippen LogP contribution in [0.4, 0.5) is 0 Å². The molecule has 1 amide bonds. The van der Waals surface area contributed by atoms with Crippen molar-refractivity contribution in [2.24, 2.45) is 5.14 Å². The Kier molecular flexibility index (Phi) is 5.89. The summed E-state index contributed by atoms with van der Waals surface area (Å²) in [5.74, 6) is -0.0400. The Morgan fingerprint density at radius 3 is 2.71 bits per heavy atom. The number of sulfonamides is 1. The zero-order valence-corrected chi connectivity index (χ0v) is 15.6. The molecule has 2 aromatic rings. The minimum Gasteiger partial charge on any atom is -0.355 e. The second-order valence-electron chi connectivity index (χ2n) is 5.39. The first-order valence-corrected chi connectivity index (χ1v) is 10.2. The second kappa shape index (κ2) is 7.54. The van der Waals surface area contributed by atoms with Gasteiger partial charge in [-0.3, -0.25) is 4.79 Å². The quantitative estimate of drug-likeness (QED) is 0.722. The van der Waals surface area contributed by atoms with Crippen LogP contribution in [-0.4, -0.2) is 35.7 Å². The summed E-state index contributed by atoms with van der Waals surface area (Å²) in [6.45, 7) is 7.10. The smallest absolute Gasteiger partial charge is 0.238 e. The van der Waals surface area contributed by atoms with Crippen molar-refractivity contribution in [3.63, 3.8) is 0 Å². The molecule has 0 saturated heterocycles. The summed E-state index contributed by atoms with van der Waals surface area (Å²) in [6, 6.07) is 4.62. The highest BCUT2D eigenvalue weighted by Gasteiger charge is 2.19. The van der Waals surface area contributed by atoms with E-state index in [-0.39, 0.29) is 16.1 Å². The number of primary sulfonamides is 1. The number of nitrogens with one attached hydrogen (secondary N) is 1. The van der Waals surface area contributed by atoms with Crippen LogP contribution < -0.4 is 10.5 Å². The average Bonchev–Trinajstić information content (AvgIpc) is 2.87. The molecule has 0 spiro atoms. The number of aromatic nitrogens is 2. The zero-order valence-electron chi connectivity index (χ0n) is 13.9. The van der Waals surface area contributed by atoms with Crippen LogP contribution in [0.5, 0.6) is 0 Å². The first-order valence-electron chi connectivity index (χ1n) is 7.75. The minimum atomic E-state index is -3.77. The summed E-state index contributed by atoms with van der Waals surface area (Å²) in [5.41, 5.74) is 1.36. The Labute approximate surface area is 146 Å². The molecule has 1 heterocycles. The minimum absolute atomic E-state index is 0.0287. The number of amides is 1. The van der Waals surface area contributed by atoms with E-state index < -0.39 is 10.0 Å². The first kappa shape index (κ1) is 18.8. The molecule has 0 radical (unpaired) electrons. The highest BCUT2D eigenvalue weighted by atomic mass is 32.2. The lowest BCUT2D eigenvalue weighted by Gasteiger charge is -2.12. The molecule has 7 nitrogen and oxygen atoms in total. The van der Waals surface area contributed by atoms with Crippen molar-refractivity contribution in [3.05, 3.63) is 18.2 Å². The van der Waals surface area contributed by atoms with Gasteiger partial charge in [-0.05, 0) is 38.5 Å². The van der Waals surface area contributed by atoms with Gasteiger partial charge in [0.15, 0.2) is 5.16 Å². The maximum Gasteiger partial charge on any atom is 0.238 e. The van der Waals surface area contributed by atoms with E-state index in [1.807, 2.05) is 25.3 Å². The number of aryl methyl sites for hydroxylation is 1. The van der Waals surface area contributed by atoms with Gasteiger partial charge in [-0.1, -0.05) is 18.7 Å². The number of fused-ring (bicyclic) bond motifs is 1. The molecule has 132 valence electrons. The standard InChI is InChI=1S/C15H22N4O3S2/c1-4-8-17-14(20)10(3)23-15-18-12-9-11(24(16,21)22)6-7-13(12)19(15)5-2/h6-7,9-10H,4-5,8H2,1-3H3,(H,17,20)(H2,16,21,22). The summed E-state index contributed by atoms with van der Waals surface area (Å²) in [5, 5.41) is 8.42. The fourth-order valence-corrected chi connectivity index (χ4v) is 3.81. The van der Waals surface area contributed by atoms with Crippen molar-refractivity contribution < 1.29 is 13.2 Å². The van der Waals surface area contributed by atoms with Gasteiger partial charge in [0.1, 0.15) is 0 Å². The van der Waals surface area contributed by atoms with Crippen LogP contribution >= 0.6 is 11.8 Å². The molecule has 9 heteroatoms. The Morgan fingerprint density at radius 2 is 2.12 bits per heavy atom. The zero-order chi connectivity index (χ0) is 17.9. The van der Waals surface area contributed by atoms with Gasteiger partial charge in [0, 0.05) is 13.1 Å². The summed E-state index contributed by atoms with van der Waals surface area (Å²) in [4.78, 5) is 16.6. The number of nitrogens with zero attached hydrogens (tertiary/aromatic N) is 2. The predicted molar refractivity (Wildman–Crippen MR) is 95.4 cm³/mol. The number of hydrogen-bond donors (Lipinski definition) is 2. The number of benzene rings is 1. The fourth-order valence-electron chi connectivity index (χ4n) is 2.26. The summed E-state index contributed by atoms with van der Waals surface area (Å²) >= 11 is 1.35. The lowest BCUT2D eigenvalue weighted by atomic mass is 10.3. The summed E-state index contributed by atoms with van der Waals surface area (Å²) in [6.07, 6.45) is 0.882. The Morgan fingerprint density at radius 1 is 1.42 bits per heavy atom. The van der Waals surface area contributed by atoms with Crippen molar-refractivity contribution in [1.82, 2.24) is 14.9 Å². The van der Waals surface area contributed by atoms with E-state index in [0.29, 0.717) is 23.8 Å². The molecule has 0 fully saturated rings. The van der Waals surface area contributed by atoms with Gasteiger partial charge < -0.3 is 9.88 Å². The van der Waals surface area contributed by atoms with E-state index in [9.17, 15) is 13.2 Å². The monoisotopic (exact) mass is 370 g/mol. The van der Waals surface area contributed by atoms with Gasteiger partial charge in [0.2, 0.25) is 15.9 Å². The van der Waals surface area contributed by atoms with Crippen LogP contribution in [0.15, 0.2) is 28.3 Å². The van der Waals surface area contributed by atoms with Gasteiger partial charge in [0.05, 0.1) is 21.2 Å². The van der Waals surface area contributed by atoms with E-state index in [0.717, 1.165) is 11.9 Å². The summed E-state index contributed by atoms with van der Waals surface area (Å²) < 4.78 is 24.9. The molecule has 0 saturated carbocycles. The van der Waals surface area contributed by atoms with Crippen molar-refractivity contribution in [2.45, 2.75) is 49.0 Å². The molecular weight excluding hydrogens is 348 g/mol. The van der Waals surface area contributed by atoms with Crippen LogP contribution in [0.1, 0.15) is 27.2 Å². The third-order valence-electron chi connectivity index (χ3n) is 3.53. The number of carbonyl (C=O) groups excluding carboxylic acids is 1. The van der Waals surface area contributed by atoms with Crippen LogP contribution in [0.25, 0.3) is 11.0 Å².